The molecule has 0 saturated heterocycles. The first kappa shape index (κ1) is 33.3. The molecule has 0 heterocycles. The topological polar surface area (TPSA) is 121 Å². The van der Waals surface area contributed by atoms with Gasteiger partial charge < -0.3 is 20.3 Å². The lowest BCUT2D eigenvalue weighted by Crippen LogP contribution is -2.53. The second kappa shape index (κ2) is 11.0. The smallest absolute Gasteiger partial charge is 0.390 e. The van der Waals surface area contributed by atoms with Crippen LogP contribution in [-0.2, 0) is 36.3 Å². The van der Waals surface area contributed by atoms with Gasteiger partial charge in [-0.25, -0.2) is 17.2 Å². The highest BCUT2D eigenvalue weighted by atomic mass is 32.2. The van der Waals surface area contributed by atoms with E-state index in [2.05, 4.69) is 5.32 Å². The molecule has 3 aliphatic rings. The van der Waals surface area contributed by atoms with E-state index in [1.807, 2.05) is 0 Å². The zero-order chi connectivity index (χ0) is 33.3. The summed E-state index contributed by atoms with van der Waals surface area (Å²) >= 11 is 0. The number of aliphatic hydroxyl groups excluding tert-OH is 2. The number of hydrogen-bond acceptors (Lipinski definition) is 6. The van der Waals surface area contributed by atoms with Crippen molar-refractivity contribution < 1.29 is 63.3 Å². The molecule has 0 bridgehead atoms. The van der Waals surface area contributed by atoms with Gasteiger partial charge in [-0.3, -0.25) is 4.79 Å². The van der Waals surface area contributed by atoms with Gasteiger partial charge >= 0.3 is 18.0 Å². The molecule has 0 aromatic heterocycles. The van der Waals surface area contributed by atoms with Crippen LogP contribution in [0.15, 0.2) is 47.4 Å². The Kier molecular flexibility index (Phi) is 8.13. The lowest BCUT2D eigenvalue weighted by atomic mass is 9.71. The van der Waals surface area contributed by atoms with Gasteiger partial charge in [-0.1, -0.05) is 18.2 Å². The summed E-state index contributed by atoms with van der Waals surface area (Å²) in [5.41, 5.74) is -8.32. The van der Waals surface area contributed by atoms with Crippen LogP contribution in [0.5, 0.6) is 0 Å². The molecule has 1 amide bonds. The van der Waals surface area contributed by atoms with Crippen LogP contribution in [0, 0.1) is 23.6 Å². The minimum atomic E-state index is -6.43. The summed E-state index contributed by atoms with van der Waals surface area (Å²) in [6, 6.07) is 3.52. The summed E-state index contributed by atoms with van der Waals surface area (Å²) in [5.74, 6) is -5.02. The van der Waals surface area contributed by atoms with Crippen LogP contribution in [0.25, 0.3) is 0 Å². The Balaban J connectivity index is 1.68. The van der Waals surface area contributed by atoms with Crippen molar-refractivity contribution in [2.75, 3.05) is 0 Å². The van der Waals surface area contributed by atoms with Crippen molar-refractivity contribution >= 4 is 22.0 Å². The van der Waals surface area contributed by atoms with Crippen LogP contribution in [0.2, 0.25) is 0 Å². The minimum absolute atomic E-state index is 0.102. The highest BCUT2D eigenvalue weighted by Crippen LogP contribution is 2.61. The van der Waals surface area contributed by atoms with Gasteiger partial charge in [0.05, 0.1) is 17.1 Å². The molecule has 0 spiro atoms. The number of aldehydes is 1. The average molecular weight is 670 g/mol. The van der Waals surface area contributed by atoms with Crippen molar-refractivity contribution in [1.29, 1.82) is 0 Å². The molecule has 16 heteroatoms. The summed E-state index contributed by atoms with van der Waals surface area (Å²) in [4.78, 5) is 25.3. The first-order valence-corrected chi connectivity index (χ1v) is 15.4. The molecule has 246 valence electrons. The Morgan fingerprint density at radius 2 is 1.49 bits per heavy atom. The van der Waals surface area contributed by atoms with Crippen LogP contribution in [0.3, 0.4) is 0 Å². The zero-order valence-electron chi connectivity index (χ0n) is 23.1. The number of sulfone groups is 1. The Bertz CT molecular complexity index is 1570. The number of alkyl halides is 7. The van der Waals surface area contributed by atoms with Gasteiger partial charge in [0, 0.05) is 29.4 Å². The van der Waals surface area contributed by atoms with Crippen molar-refractivity contribution in [2.45, 2.75) is 78.0 Å². The summed E-state index contributed by atoms with van der Waals surface area (Å²) in [5, 5.41) is 22.4. The molecular formula is C29H27F8NO6S. The highest BCUT2D eigenvalue weighted by molar-refractivity contribution is 7.92. The van der Waals surface area contributed by atoms with E-state index in [0.717, 1.165) is 24.3 Å². The maximum Gasteiger partial charge on any atom is 0.435 e. The molecule has 2 fully saturated rings. The van der Waals surface area contributed by atoms with Crippen molar-refractivity contribution in [3.05, 3.63) is 65.0 Å². The van der Waals surface area contributed by atoms with E-state index in [9.17, 15) is 59.0 Å². The fourth-order valence-corrected chi connectivity index (χ4v) is 9.98. The number of nitrogens with one attached hydrogen (secondary N) is 1. The van der Waals surface area contributed by atoms with Crippen LogP contribution >= 0.6 is 0 Å². The Labute approximate surface area is 251 Å². The van der Waals surface area contributed by atoms with E-state index in [1.165, 1.54) is 0 Å². The second-order valence-corrected chi connectivity index (χ2v) is 14.0. The molecule has 3 unspecified atom stereocenters. The number of rotatable bonds is 6. The van der Waals surface area contributed by atoms with Gasteiger partial charge in [0.15, 0.2) is 9.84 Å². The molecule has 5 rings (SSSR count). The van der Waals surface area contributed by atoms with Crippen molar-refractivity contribution in [3.63, 3.8) is 0 Å². The number of aryl methyl sites for hydroxylation is 1. The van der Waals surface area contributed by atoms with E-state index in [1.54, 1.807) is 0 Å². The Morgan fingerprint density at radius 3 is 2.02 bits per heavy atom. The summed E-state index contributed by atoms with van der Waals surface area (Å²) < 4.78 is 137. The van der Waals surface area contributed by atoms with Crippen LogP contribution in [0.1, 0.15) is 42.4 Å². The molecule has 45 heavy (non-hydrogen) atoms. The lowest BCUT2D eigenvalue weighted by Gasteiger charge is -2.44. The number of amides is 1. The van der Waals surface area contributed by atoms with Gasteiger partial charge in [0.2, 0.25) is 5.91 Å². The van der Waals surface area contributed by atoms with Gasteiger partial charge in [-0.2, -0.15) is 26.3 Å². The monoisotopic (exact) mass is 669 g/mol. The summed E-state index contributed by atoms with van der Waals surface area (Å²) in [6.45, 7) is 0. The van der Waals surface area contributed by atoms with E-state index in [0.29, 0.717) is 12.1 Å². The van der Waals surface area contributed by atoms with Crippen molar-refractivity contribution in [3.8, 4) is 0 Å². The SMILES string of the molecule is O=CC1C[C@@H](NC(=O)C2C[C@@H](O)[C@@H](O)C2)[C@@H]2CCc3cc(C(F)(C(F)(F)F)C(F)(F)F)ccc3C12S(=O)(=O)c1ccc(F)cc1. The maximum absolute atomic E-state index is 15.0. The van der Waals surface area contributed by atoms with E-state index >= 15 is 4.39 Å². The molecule has 2 saturated carbocycles. The number of hydrogen-bond donors (Lipinski definition) is 3. The third kappa shape index (κ3) is 4.94. The first-order valence-electron chi connectivity index (χ1n) is 13.9. The minimum Gasteiger partial charge on any atom is -0.390 e. The normalized spacial score (nSPS) is 30.4. The third-order valence-electron chi connectivity index (χ3n) is 9.45. The van der Waals surface area contributed by atoms with Crippen LogP contribution < -0.4 is 5.32 Å². The predicted octanol–water partition coefficient (Wildman–Crippen LogP) is 4.18. The highest BCUT2D eigenvalue weighted by Gasteiger charge is 2.74. The predicted molar refractivity (Wildman–Crippen MR) is 139 cm³/mol. The molecule has 3 N–H and O–H groups in total. The van der Waals surface area contributed by atoms with Gasteiger partial charge in [-0.05, 0) is 67.5 Å². The van der Waals surface area contributed by atoms with Crippen LogP contribution in [0.4, 0.5) is 35.1 Å². The Hall–Kier alpha value is -3.11. The van der Waals surface area contributed by atoms with E-state index in [4.69, 9.17) is 0 Å². The molecule has 2 aromatic carbocycles. The molecule has 0 radical (unpaired) electrons. The van der Waals surface area contributed by atoms with Gasteiger partial charge in [-0.15, -0.1) is 0 Å². The fraction of sp³-hybridized carbons (Fsp3) is 0.517. The first-order chi connectivity index (χ1) is 20.8. The standard InChI is InChI=1S/C29H27F8NO6S/c30-18-3-5-19(6-4-18)45(43,44)26-17(13-39)12-22(38-25(42)15-10-23(40)24(41)11-15)21(26)7-1-14-9-16(2-8-20(14)26)27(31,28(32,33)34)29(35,36)37/h2-6,8-9,13,15,17,21-24,40-41H,1,7,10-12H2,(H,38,42)/t15?,17?,21-,22+,23-,24+,26?/m0/s1. The maximum atomic E-state index is 15.0. The average Bonchev–Trinajstić information content (AvgIpc) is 3.48. The third-order valence-corrected chi connectivity index (χ3v) is 12.1. The van der Waals surface area contributed by atoms with Crippen LogP contribution in [-0.4, -0.2) is 61.4 Å². The number of carbonyl (C=O) groups excluding carboxylic acids is 2. The van der Waals surface area contributed by atoms with Gasteiger partial charge in [0.25, 0.3) is 0 Å². The Morgan fingerprint density at radius 1 is 0.911 bits per heavy atom. The van der Waals surface area contributed by atoms with E-state index in [-0.39, 0.29) is 55.6 Å². The molecule has 2 aromatic rings. The number of fused-ring (bicyclic) bond motifs is 3. The zero-order valence-corrected chi connectivity index (χ0v) is 23.9. The molecule has 3 aliphatic carbocycles. The van der Waals surface area contributed by atoms with Crippen molar-refractivity contribution in [2.24, 2.45) is 17.8 Å². The molecule has 7 nitrogen and oxygen atoms in total. The largest absolute Gasteiger partial charge is 0.435 e. The van der Waals surface area contributed by atoms with Crippen molar-refractivity contribution in [1.82, 2.24) is 5.32 Å². The van der Waals surface area contributed by atoms with Gasteiger partial charge in [0.1, 0.15) is 16.9 Å². The fourth-order valence-electron chi connectivity index (χ4n) is 7.37. The second-order valence-electron chi connectivity index (χ2n) is 11.8. The quantitative estimate of drug-likeness (QED) is 0.241. The number of carbonyl (C=O) groups is 2. The molecular weight excluding hydrogens is 642 g/mol. The molecule has 0 aliphatic heterocycles. The number of halogens is 8. The lowest BCUT2D eigenvalue weighted by molar-refractivity contribution is -0.348. The number of aliphatic hydroxyl groups is 2. The summed E-state index contributed by atoms with van der Waals surface area (Å²) in [7, 11) is -4.83. The molecule has 7 atom stereocenters. The van der Waals surface area contributed by atoms with E-state index < -0.39 is 90.8 Å². The summed E-state index contributed by atoms with van der Waals surface area (Å²) in [6.07, 6.45) is -16.1. The number of benzene rings is 2.